The Morgan fingerprint density at radius 1 is 1.56 bits per heavy atom. The molecule has 1 rings (SSSR count). The number of aromatic nitrogens is 1. The van der Waals surface area contributed by atoms with Gasteiger partial charge in [0.15, 0.2) is 0 Å². The maximum absolute atomic E-state index is 10.4. The van der Waals surface area contributed by atoms with Crippen LogP contribution in [0.25, 0.3) is 0 Å². The van der Waals surface area contributed by atoms with Crippen LogP contribution >= 0.6 is 0 Å². The van der Waals surface area contributed by atoms with Gasteiger partial charge in [-0.15, -0.1) is 0 Å². The lowest BCUT2D eigenvalue weighted by Crippen LogP contribution is -2.31. The summed E-state index contributed by atoms with van der Waals surface area (Å²) in [7, 11) is 0. The number of hydrogen-bond acceptors (Lipinski definition) is 4. The normalized spacial score (nSPS) is 12.3. The molecule has 0 aromatic carbocycles. The lowest BCUT2D eigenvalue weighted by molar-refractivity contribution is -0.138. The van der Waals surface area contributed by atoms with Gasteiger partial charge in [0.05, 0.1) is 5.69 Å². The van der Waals surface area contributed by atoms with E-state index in [0.29, 0.717) is 13.0 Å². The Kier molecular flexibility index (Phi) is 5.45. The molecule has 0 aliphatic heterocycles. The van der Waals surface area contributed by atoms with Gasteiger partial charge in [0.1, 0.15) is 6.04 Å². The van der Waals surface area contributed by atoms with Crippen molar-refractivity contribution >= 4 is 5.97 Å². The second kappa shape index (κ2) is 6.92. The van der Waals surface area contributed by atoms with Crippen molar-refractivity contribution < 1.29 is 9.90 Å². The van der Waals surface area contributed by atoms with Gasteiger partial charge in [-0.2, -0.15) is 0 Å². The smallest absolute Gasteiger partial charge is 0.320 e. The molecule has 0 amide bonds. The Bertz CT molecular complexity index is 316. The van der Waals surface area contributed by atoms with Crippen LogP contribution < -0.4 is 11.1 Å². The third-order valence-electron chi connectivity index (χ3n) is 2.22. The maximum atomic E-state index is 10.4. The molecule has 1 atom stereocenters. The first-order valence-electron chi connectivity index (χ1n) is 5.29. The lowest BCUT2D eigenvalue weighted by atomic mass is 10.2. The van der Waals surface area contributed by atoms with E-state index in [1.165, 1.54) is 0 Å². The van der Waals surface area contributed by atoms with E-state index in [0.717, 1.165) is 18.7 Å². The number of carbonyl (C=O) groups is 1. The second-order valence-electron chi connectivity index (χ2n) is 3.58. The molecule has 0 aliphatic rings. The zero-order valence-electron chi connectivity index (χ0n) is 9.10. The minimum absolute atomic E-state index is 0.491. The molecule has 0 aliphatic carbocycles. The SMILES string of the molecule is NC(CCCNCc1ccccn1)C(=O)O. The number of pyridine rings is 1. The van der Waals surface area contributed by atoms with E-state index in [2.05, 4.69) is 10.3 Å². The van der Waals surface area contributed by atoms with Crippen molar-refractivity contribution in [1.29, 1.82) is 0 Å². The van der Waals surface area contributed by atoms with E-state index in [1.807, 2.05) is 18.2 Å². The number of carboxylic acids is 1. The molecule has 1 aromatic heterocycles. The van der Waals surface area contributed by atoms with E-state index >= 15 is 0 Å². The largest absolute Gasteiger partial charge is 0.480 e. The highest BCUT2D eigenvalue weighted by Gasteiger charge is 2.09. The van der Waals surface area contributed by atoms with Gasteiger partial charge in [0, 0.05) is 12.7 Å². The van der Waals surface area contributed by atoms with Crippen molar-refractivity contribution in [2.24, 2.45) is 5.73 Å². The van der Waals surface area contributed by atoms with Crippen LogP contribution in [0.1, 0.15) is 18.5 Å². The summed E-state index contributed by atoms with van der Waals surface area (Å²) in [5.41, 5.74) is 6.35. The highest BCUT2D eigenvalue weighted by Crippen LogP contribution is 1.95. The monoisotopic (exact) mass is 223 g/mol. The molecule has 16 heavy (non-hydrogen) atoms. The Balaban J connectivity index is 2.07. The van der Waals surface area contributed by atoms with Crippen molar-refractivity contribution in [2.75, 3.05) is 6.54 Å². The van der Waals surface area contributed by atoms with E-state index in [9.17, 15) is 4.79 Å². The van der Waals surface area contributed by atoms with Gasteiger partial charge < -0.3 is 16.2 Å². The quantitative estimate of drug-likeness (QED) is 0.581. The number of nitrogens with zero attached hydrogens (tertiary/aromatic N) is 1. The van der Waals surface area contributed by atoms with Crippen molar-refractivity contribution in [3.05, 3.63) is 30.1 Å². The summed E-state index contributed by atoms with van der Waals surface area (Å²) >= 11 is 0. The van der Waals surface area contributed by atoms with Gasteiger partial charge in [-0.05, 0) is 31.5 Å². The fourth-order valence-corrected chi connectivity index (χ4v) is 1.29. The van der Waals surface area contributed by atoms with E-state index in [1.54, 1.807) is 6.20 Å². The minimum atomic E-state index is -0.940. The average molecular weight is 223 g/mol. The molecular formula is C11H17N3O2. The summed E-state index contributed by atoms with van der Waals surface area (Å²) < 4.78 is 0. The number of hydrogen-bond donors (Lipinski definition) is 3. The molecule has 0 radical (unpaired) electrons. The van der Waals surface area contributed by atoms with Gasteiger partial charge in [0.2, 0.25) is 0 Å². The van der Waals surface area contributed by atoms with E-state index < -0.39 is 12.0 Å². The van der Waals surface area contributed by atoms with Gasteiger partial charge in [-0.1, -0.05) is 6.07 Å². The van der Waals surface area contributed by atoms with Crippen molar-refractivity contribution in [1.82, 2.24) is 10.3 Å². The van der Waals surface area contributed by atoms with Crippen molar-refractivity contribution in [3.63, 3.8) is 0 Å². The number of nitrogens with two attached hydrogens (primary N) is 1. The molecule has 0 spiro atoms. The molecule has 5 heteroatoms. The van der Waals surface area contributed by atoms with Gasteiger partial charge in [-0.3, -0.25) is 9.78 Å². The molecule has 5 nitrogen and oxygen atoms in total. The standard InChI is InChI=1S/C11H17N3O2/c12-10(11(15)16)5-3-6-13-8-9-4-1-2-7-14-9/h1-2,4,7,10,13H,3,5-6,8,12H2,(H,15,16). The number of nitrogens with one attached hydrogen (secondary N) is 1. The second-order valence-corrected chi connectivity index (χ2v) is 3.58. The van der Waals surface area contributed by atoms with Crippen molar-refractivity contribution in [2.45, 2.75) is 25.4 Å². The summed E-state index contributed by atoms with van der Waals surface area (Å²) in [6.45, 7) is 1.45. The zero-order chi connectivity index (χ0) is 11.8. The molecule has 1 heterocycles. The van der Waals surface area contributed by atoms with Gasteiger partial charge >= 0.3 is 5.97 Å². The first kappa shape index (κ1) is 12.6. The summed E-state index contributed by atoms with van der Waals surface area (Å²) in [5.74, 6) is -0.940. The summed E-state index contributed by atoms with van der Waals surface area (Å²) in [6.07, 6.45) is 2.99. The molecule has 0 saturated carbocycles. The number of rotatable bonds is 7. The topological polar surface area (TPSA) is 88.2 Å². The van der Waals surface area contributed by atoms with Crippen LogP contribution in [0.4, 0.5) is 0 Å². The third kappa shape index (κ3) is 4.86. The summed E-state index contributed by atoms with van der Waals surface area (Å²) in [6, 6.07) is 4.99. The minimum Gasteiger partial charge on any atom is -0.480 e. The fourth-order valence-electron chi connectivity index (χ4n) is 1.29. The molecule has 0 bridgehead atoms. The lowest BCUT2D eigenvalue weighted by Gasteiger charge is -2.06. The van der Waals surface area contributed by atoms with Crippen LogP contribution in [0.2, 0.25) is 0 Å². The Morgan fingerprint density at radius 3 is 3.00 bits per heavy atom. The Labute approximate surface area is 94.7 Å². The Morgan fingerprint density at radius 2 is 2.38 bits per heavy atom. The molecule has 1 aromatic rings. The predicted octanol–water partition coefficient (Wildman–Crippen LogP) is 0.363. The van der Waals surface area contributed by atoms with Crippen LogP contribution in [0.3, 0.4) is 0 Å². The van der Waals surface area contributed by atoms with Crippen molar-refractivity contribution in [3.8, 4) is 0 Å². The van der Waals surface area contributed by atoms with Gasteiger partial charge in [-0.25, -0.2) is 0 Å². The highest BCUT2D eigenvalue weighted by atomic mass is 16.4. The molecular weight excluding hydrogens is 206 g/mol. The van der Waals surface area contributed by atoms with Crippen LogP contribution in [-0.2, 0) is 11.3 Å². The first-order chi connectivity index (χ1) is 7.70. The molecule has 0 fully saturated rings. The summed E-state index contributed by atoms with van der Waals surface area (Å²) in [4.78, 5) is 14.6. The molecule has 88 valence electrons. The first-order valence-corrected chi connectivity index (χ1v) is 5.29. The maximum Gasteiger partial charge on any atom is 0.320 e. The highest BCUT2D eigenvalue weighted by molar-refractivity contribution is 5.72. The van der Waals surface area contributed by atoms with Crippen LogP contribution in [0.15, 0.2) is 24.4 Å². The van der Waals surface area contributed by atoms with E-state index in [4.69, 9.17) is 10.8 Å². The third-order valence-corrected chi connectivity index (χ3v) is 2.22. The van der Waals surface area contributed by atoms with Crippen LogP contribution in [-0.4, -0.2) is 28.6 Å². The predicted molar refractivity (Wildman–Crippen MR) is 60.8 cm³/mol. The summed E-state index contributed by atoms with van der Waals surface area (Å²) in [5, 5.41) is 11.7. The number of aliphatic carboxylic acids is 1. The Hall–Kier alpha value is -1.46. The van der Waals surface area contributed by atoms with Gasteiger partial charge in [0.25, 0.3) is 0 Å². The van der Waals surface area contributed by atoms with Crippen LogP contribution in [0.5, 0.6) is 0 Å². The molecule has 4 N–H and O–H groups in total. The van der Waals surface area contributed by atoms with E-state index in [-0.39, 0.29) is 0 Å². The fraction of sp³-hybridized carbons (Fsp3) is 0.455. The molecule has 0 saturated heterocycles. The molecule has 1 unspecified atom stereocenters. The average Bonchev–Trinajstić information content (AvgIpc) is 2.29. The number of carboxylic acid groups (broad SMARTS) is 1. The van der Waals surface area contributed by atoms with Crippen LogP contribution in [0, 0.1) is 0 Å². The zero-order valence-corrected chi connectivity index (χ0v) is 9.10.